The number of rotatable bonds is 5. The van der Waals surface area contributed by atoms with E-state index in [1.807, 2.05) is 24.3 Å². The molecule has 0 bridgehead atoms. The average molecular weight is 419 g/mol. The van der Waals surface area contributed by atoms with E-state index in [0.29, 0.717) is 5.69 Å². The van der Waals surface area contributed by atoms with Gasteiger partial charge >= 0.3 is 0 Å². The Bertz CT molecular complexity index is 809. The monoisotopic (exact) mass is 418 g/mol. The zero-order chi connectivity index (χ0) is 18.7. The third-order valence-corrected chi connectivity index (χ3v) is 5.45. The fourth-order valence-electron chi connectivity index (χ4n) is 3.46. The minimum atomic E-state index is -0.509. The maximum Gasteiger partial charge on any atom is 0.243 e. The van der Waals surface area contributed by atoms with Crippen molar-refractivity contribution in [2.75, 3.05) is 19.4 Å². The van der Waals surface area contributed by atoms with Crippen molar-refractivity contribution in [3.8, 4) is 0 Å². The number of hydrogen-bond donors (Lipinski definition) is 1. The van der Waals surface area contributed by atoms with Crippen molar-refractivity contribution in [2.24, 2.45) is 0 Å². The van der Waals surface area contributed by atoms with E-state index in [2.05, 4.69) is 26.3 Å². The highest BCUT2D eigenvalue weighted by atomic mass is 79.9. The molecule has 1 aromatic heterocycles. The van der Waals surface area contributed by atoms with Gasteiger partial charge in [-0.25, -0.2) is 0 Å². The summed E-state index contributed by atoms with van der Waals surface area (Å²) in [7, 11) is 3.41. The van der Waals surface area contributed by atoms with Gasteiger partial charge in [0, 0.05) is 24.8 Å². The molecule has 0 radical (unpaired) electrons. The summed E-state index contributed by atoms with van der Waals surface area (Å²) in [4.78, 5) is 26.5. The summed E-state index contributed by atoms with van der Waals surface area (Å²) in [6.45, 7) is 0.152. The van der Waals surface area contributed by atoms with Crippen LogP contribution in [-0.4, -0.2) is 40.6 Å². The quantitative estimate of drug-likeness (QED) is 0.810. The highest BCUT2D eigenvalue weighted by molar-refractivity contribution is 9.10. The molecule has 7 heteroatoms. The molecule has 0 atom stereocenters. The Kier molecular flexibility index (Phi) is 5.46. The van der Waals surface area contributed by atoms with Crippen LogP contribution in [0.2, 0.25) is 0 Å². The Morgan fingerprint density at radius 3 is 2.69 bits per heavy atom. The maximum atomic E-state index is 13.1. The zero-order valence-corrected chi connectivity index (χ0v) is 16.6. The third kappa shape index (κ3) is 3.82. The molecule has 1 fully saturated rings. The second-order valence-electron chi connectivity index (χ2n) is 6.97. The second-order valence-corrected chi connectivity index (χ2v) is 7.88. The van der Waals surface area contributed by atoms with Crippen LogP contribution in [0.4, 0.5) is 5.69 Å². The van der Waals surface area contributed by atoms with Crippen molar-refractivity contribution < 1.29 is 9.59 Å². The Morgan fingerprint density at radius 2 is 2.04 bits per heavy atom. The van der Waals surface area contributed by atoms with Crippen molar-refractivity contribution in [1.29, 1.82) is 0 Å². The topological polar surface area (TPSA) is 67.2 Å². The van der Waals surface area contributed by atoms with Gasteiger partial charge in [-0.2, -0.15) is 5.10 Å². The summed E-state index contributed by atoms with van der Waals surface area (Å²) in [5.41, 5.74) is 1.14. The number of benzene rings is 1. The van der Waals surface area contributed by atoms with Crippen LogP contribution < -0.4 is 5.32 Å². The Balaban J connectivity index is 1.77. The number of carbonyl (C=O) groups is 2. The molecule has 26 heavy (non-hydrogen) atoms. The molecular formula is C19H23BrN4O2. The SMILES string of the molecule is CN(C)C(=O)Cn1cc(NC(=O)C2(c3cccc(Br)c3)CCCC2)cn1. The fourth-order valence-corrected chi connectivity index (χ4v) is 3.86. The normalized spacial score (nSPS) is 15.7. The van der Waals surface area contributed by atoms with Crippen LogP contribution in [0.1, 0.15) is 31.2 Å². The smallest absolute Gasteiger partial charge is 0.243 e. The molecule has 1 heterocycles. The first-order valence-electron chi connectivity index (χ1n) is 8.71. The van der Waals surface area contributed by atoms with E-state index in [9.17, 15) is 9.59 Å². The minimum absolute atomic E-state index is 0.00779. The molecule has 0 unspecified atom stereocenters. The first kappa shape index (κ1) is 18.6. The van der Waals surface area contributed by atoms with E-state index in [4.69, 9.17) is 0 Å². The second kappa shape index (κ2) is 7.61. The summed E-state index contributed by atoms with van der Waals surface area (Å²) in [6, 6.07) is 7.99. The number of hydrogen-bond acceptors (Lipinski definition) is 3. The van der Waals surface area contributed by atoms with E-state index >= 15 is 0 Å². The minimum Gasteiger partial charge on any atom is -0.347 e. The highest BCUT2D eigenvalue weighted by Gasteiger charge is 2.42. The van der Waals surface area contributed by atoms with Crippen molar-refractivity contribution in [3.63, 3.8) is 0 Å². The molecule has 0 spiro atoms. The average Bonchev–Trinajstić information content (AvgIpc) is 3.25. The number of halogens is 1. The third-order valence-electron chi connectivity index (χ3n) is 4.96. The molecule has 1 N–H and O–H groups in total. The van der Waals surface area contributed by atoms with Gasteiger partial charge in [0.25, 0.3) is 0 Å². The van der Waals surface area contributed by atoms with Gasteiger partial charge in [-0.15, -0.1) is 0 Å². The van der Waals surface area contributed by atoms with Gasteiger partial charge in [0.15, 0.2) is 0 Å². The van der Waals surface area contributed by atoms with Crippen molar-refractivity contribution in [2.45, 2.75) is 37.6 Å². The molecule has 138 valence electrons. The predicted molar refractivity (Wildman–Crippen MR) is 104 cm³/mol. The molecule has 0 saturated heterocycles. The maximum absolute atomic E-state index is 13.1. The van der Waals surface area contributed by atoms with Crippen molar-refractivity contribution in [3.05, 3.63) is 46.7 Å². The lowest BCUT2D eigenvalue weighted by Crippen LogP contribution is -2.37. The van der Waals surface area contributed by atoms with Gasteiger partial charge < -0.3 is 10.2 Å². The Hall–Kier alpha value is -2.15. The van der Waals surface area contributed by atoms with Gasteiger partial charge in [-0.1, -0.05) is 40.9 Å². The molecule has 6 nitrogen and oxygen atoms in total. The van der Waals surface area contributed by atoms with Gasteiger partial charge in [0.2, 0.25) is 11.8 Å². The summed E-state index contributed by atoms with van der Waals surface area (Å²) in [6.07, 6.45) is 7.03. The molecule has 3 rings (SSSR count). The van der Waals surface area contributed by atoms with E-state index < -0.39 is 5.41 Å². The molecule has 0 aliphatic heterocycles. The number of nitrogens with one attached hydrogen (secondary N) is 1. The van der Waals surface area contributed by atoms with Gasteiger partial charge in [0.05, 0.1) is 17.3 Å². The molecular weight excluding hydrogens is 396 g/mol. The Labute approximate surface area is 161 Å². The number of anilines is 1. The molecule has 1 aromatic carbocycles. The predicted octanol–water partition coefficient (Wildman–Crippen LogP) is 3.18. The number of aromatic nitrogens is 2. The van der Waals surface area contributed by atoms with Gasteiger partial charge in [-0.05, 0) is 30.5 Å². The highest BCUT2D eigenvalue weighted by Crippen LogP contribution is 2.42. The number of likely N-dealkylation sites (N-methyl/N-ethyl adjacent to an activating group) is 1. The van der Waals surface area contributed by atoms with E-state index in [0.717, 1.165) is 35.7 Å². The van der Waals surface area contributed by atoms with Crippen molar-refractivity contribution >= 4 is 33.4 Å². The van der Waals surface area contributed by atoms with Crippen LogP contribution in [0.15, 0.2) is 41.1 Å². The van der Waals surface area contributed by atoms with E-state index in [-0.39, 0.29) is 18.4 Å². The largest absolute Gasteiger partial charge is 0.347 e. The molecule has 1 aliphatic carbocycles. The molecule has 1 saturated carbocycles. The molecule has 2 amide bonds. The summed E-state index contributed by atoms with van der Waals surface area (Å²) in [5, 5.41) is 7.18. The lowest BCUT2D eigenvalue weighted by atomic mass is 9.78. The Morgan fingerprint density at radius 1 is 1.31 bits per heavy atom. The van der Waals surface area contributed by atoms with Crippen LogP contribution in [0.3, 0.4) is 0 Å². The zero-order valence-electron chi connectivity index (χ0n) is 15.0. The van der Waals surface area contributed by atoms with Crippen LogP contribution >= 0.6 is 15.9 Å². The van der Waals surface area contributed by atoms with Gasteiger partial charge in [0.1, 0.15) is 6.54 Å². The summed E-state index contributed by atoms with van der Waals surface area (Å²) in [5.74, 6) is -0.0565. The first-order valence-corrected chi connectivity index (χ1v) is 9.50. The van der Waals surface area contributed by atoms with Crippen molar-refractivity contribution in [1.82, 2.24) is 14.7 Å². The van der Waals surface area contributed by atoms with Crippen LogP contribution in [-0.2, 0) is 21.5 Å². The lowest BCUT2D eigenvalue weighted by molar-refractivity contribution is -0.129. The molecule has 1 aliphatic rings. The molecule has 2 aromatic rings. The standard InChI is InChI=1S/C19H23BrN4O2/c1-23(2)17(25)13-24-12-16(11-21-24)22-18(26)19(8-3-4-9-19)14-6-5-7-15(20)10-14/h5-7,10-12H,3-4,8-9,13H2,1-2H3,(H,22,26). The van der Waals surface area contributed by atoms with Gasteiger partial charge in [-0.3, -0.25) is 14.3 Å². The van der Waals surface area contributed by atoms with Crippen LogP contribution in [0.25, 0.3) is 0 Å². The van der Waals surface area contributed by atoms with E-state index in [1.165, 1.54) is 4.90 Å². The summed E-state index contributed by atoms with van der Waals surface area (Å²) < 4.78 is 2.52. The van der Waals surface area contributed by atoms with Crippen LogP contribution in [0.5, 0.6) is 0 Å². The summed E-state index contributed by atoms with van der Waals surface area (Å²) >= 11 is 3.51. The fraction of sp³-hybridized carbons (Fsp3) is 0.421. The number of carbonyl (C=O) groups excluding carboxylic acids is 2. The lowest BCUT2D eigenvalue weighted by Gasteiger charge is -2.28. The van der Waals surface area contributed by atoms with Crippen LogP contribution in [0, 0.1) is 0 Å². The van der Waals surface area contributed by atoms with E-state index in [1.54, 1.807) is 31.2 Å². The number of nitrogens with zero attached hydrogens (tertiary/aromatic N) is 3. The number of amides is 2. The first-order chi connectivity index (χ1) is 12.4.